The Labute approximate surface area is 136 Å². The van der Waals surface area contributed by atoms with Crippen LogP contribution in [0.1, 0.15) is 30.1 Å². The monoisotopic (exact) mass is 320 g/mol. The van der Waals surface area contributed by atoms with E-state index < -0.39 is 17.7 Å². The van der Waals surface area contributed by atoms with Crippen LogP contribution in [-0.4, -0.2) is 49.3 Å². The van der Waals surface area contributed by atoms with Crippen LogP contribution in [0, 0.1) is 0 Å². The highest BCUT2D eigenvalue weighted by Crippen LogP contribution is 2.15. The fraction of sp³-hybridized carbons (Fsp3) is 0.438. The molecule has 0 aliphatic carbocycles. The molecule has 0 radical (unpaired) electrons. The predicted molar refractivity (Wildman–Crippen MR) is 88.9 cm³/mol. The molecule has 0 spiro atoms. The molecule has 0 saturated heterocycles. The van der Waals surface area contributed by atoms with Crippen molar-refractivity contribution in [2.24, 2.45) is 11.5 Å². The second-order valence-corrected chi connectivity index (χ2v) is 5.42. The van der Waals surface area contributed by atoms with Gasteiger partial charge in [-0.3, -0.25) is 14.4 Å². The Balaban J connectivity index is 2.85. The van der Waals surface area contributed by atoms with Gasteiger partial charge in [-0.05, 0) is 30.7 Å². The van der Waals surface area contributed by atoms with Crippen LogP contribution >= 0.6 is 0 Å². The topological polar surface area (TPSA) is 110 Å². The third-order valence-corrected chi connectivity index (χ3v) is 3.38. The molecule has 0 aromatic heterocycles. The van der Waals surface area contributed by atoms with E-state index in [2.05, 4.69) is 11.8 Å². The van der Waals surface area contributed by atoms with Crippen molar-refractivity contribution in [1.29, 1.82) is 0 Å². The van der Waals surface area contributed by atoms with E-state index in [0.717, 1.165) is 30.0 Å². The Hall–Kier alpha value is -2.57. The maximum atomic E-state index is 12.4. The smallest absolute Gasteiger partial charge is 0.254 e. The van der Waals surface area contributed by atoms with E-state index >= 15 is 0 Å². The molecule has 7 nitrogen and oxygen atoms in total. The van der Waals surface area contributed by atoms with E-state index in [4.69, 9.17) is 11.5 Å². The highest BCUT2D eigenvalue weighted by molar-refractivity contribution is 5.98. The van der Waals surface area contributed by atoms with E-state index in [-0.39, 0.29) is 13.1 Å². The molecule has 1 rings (SSSR count). The van der Waals surface area contributed by atoms with Gasteiger partial charge in [0.1, 0.15) is 13.1 Å². The van der Waals surface area contributed by atoms with Crippen LogP contribution in [-0.2, 0) is 9.59 Å². The first-order valence-corrected chi connectivity index (χ1v) is 7.52. The maximum Gasteiger partial charge on any atom is 0.254 e. The minimum atomic E-state index is -0.699. The van der Waals surface area contributed by atoms with Crippen molar-refractivity contribution in [3.05, 3.63) is 29.8 Å². The van der Waals surface area contributed by atoms with Gasteiger partial charge in [0.25, 0.3) is 5.91 Å². The Morgan fingerprint density at radius 2 is 1.52 bits per heavy atom. The predicted octanol–water partition coefficient (Wildman–Crippen LogP) is 0.336. The van der Waals surface area contributed by atoms with Crippen LogP contribution in [0.15, 0.2) is 24.3 Å². The van der Waals surface area contributed by atoms with Crippen LogP contribution in [0.25, 0.3) is 0 Å². The summed E-state index contributed by atoms with van der Waals surface area (Å²) < 4.78 is 0. The lowest BCUT2D eigenvalue weighted by molar-refractivity contribution is -0.121. The van der Waals surface area contributed by atoms with Crippen molar-refractivity contribution < 1.29 is 14.4 Å². The van der Waals surface area contributed by atoms with Gasteiger partial charge in [0.15, 0.2) is 0 Å². The van der Waals surface area contributed by atoms with Crippen molar-refractivity contribution >= 4 is 23.4 Å². The molecule has 126 valence electrons. The van der Waals surface area contributed by atoms with Crippen LogP contribution in [0.4, 0.5) is 5.69 Å². The second-order valence-electron chi connectivity index (χ2n) is 5.42. The number of anilines is 1. The lowest BCUT2D eigenvalue weighted by atomic mass is 10.1. The molecule has 4 N–H and O–H groups in total. The number of carbonyl (C=O) groups is 3. The fourth-order valence-corrected chi connectivity index (χ4v) is 2.14. The van der Waals surface area contributed by atoms with E-state index in [0.29, 0.717) is 5.56 Å². The van der Waals surface area contributed by atoms with Gasteiger partial charge >= 0.3 is 0 Å². The summed E-state index contributed by atoms with van der Waals surface area (Å²) in [5.41, 5.74) is 11.6. The van der Waals surface area contributed by atoms with Gasteiger partial charge in [-0.15, -0.1) is 0 Å². The number of nitrogens with zero attached hydrogens (tertiary/aromatic N) is 2. The lowest BCUT2D eigenvalue weighted by Crippen LogP contribution is -2.43. The number of amides is 3. The summed E-state index contributed by atoms with van der Waals surface area (Å²) in [6, 6.07) is 6.98. The average Bonchev–Trinajstić information content (AvgIpc) is 2.50. The van der Waals surface area contributed by atoms with Gasteiger partial charge in [0.05, 0.1) is 0 Å². The molecule has 3 amide bonds. The lowest BCUT2D eigenvalue weighted by Gasteiger charge is -2.21. The third kappa shape index (κ3) is 5.98. The number of nitrogens with two attached hydrogens (primary N) is 2. The van der Waals surface area contributed by atoms with Gasteiger partial charge in [-0.2, -0.15) is 0 Å². The van der Waals surface area contributed by atoms with Gasteiger partial charge in [-0.1, -0.05) is 13.3 Å². The van der Waals surface area contributed by atoms with Crippen molar-refractivity contribution in [2.75, 3.05) is 31.6 Å². The quantitative estimate of drug-likeness (QED) is 0.683. The number of unbranched alkanes of at least 4 members (excludes halogenated alkanes) is 1. The Bertz CT molecular complexity index is 541. The molecule has 7 heteroatoms. The number of hydrogen-bond acceptors (Lipinski definition) is 4. The van der Waals surface area contributed by atoms with Crippen molar-refractivity contribution in [3.63, 3.8) is 0 Å². The fourth-order valence-electron chi connectivity index (χ4n) is 2.14. The molecular weight excluding hydrogens is 296 g/mol. The van der Waals surface area contributed by atoms with Gasteiger partial charge < -0.3 is 21.3 Å². The van der Waals surface area contributed by atoms with Crippen molar-refractivity contribution in [1.82, 2.24) is 4.90 Å². The minimum absolute atomic E-state index is 0.347. The van der Waals surface area contributed by atoms with Gasteiger partial charge in [-0.25, -0.2) is 0 Å². The molecule has 0 fully saturated rings. The summed E-state index contributed by atoms with van der Waals surface area (Å²) in [6.07, 6.45) is 2.19. The molecule has 0 atom stereocenters. The van der Waals surface area contributed by atoms with Crippen LogP contribution in [0.2, 0.25) is 0 Å². The number of rotatable bonds is 9. The van der Waals surface area contributed by atoms with E-state index in [1.54, 1.807) is 12.1 Å². The zero-order valence-corrected chi connectivity index (χ0v) is 13.6. The summed E-state index contributed by atoms with van der Waals surface area (Å²) >= 11 is 0. The largest absolute Gasteiger partial charge is 0.375 e. The summed E-state index contributed by atoms with van der Waals surface area (Å²) in [6.45, 7) is 2.36. The molecule has 1 aromatic rings. The number of benzene rings is 1. The minimum Gasteiger partial charge on any atom is -0.375 e. The SMILES string of the molecule is CCCCN(C)c1ccc(C(=O)N(CC(N)=O)CC(N)=O)cc1. The zero-order valence-electron chi connectivity index (χ0n) is 13.6. The molecule has 0 saturated carbocycles. The highest BCUT2D eigenvalue weighted by Gasteiger charge is 2.19. The summed E-state index contributed by atoms with van der Waals surface area (Å²) in [7, 11) is 1.99. The van der Waals surface area contributed by atoms with E-state index in [1.165, 1.54) is 0 Å². The summed E-state index contributed by atoms with van der Waals surface area (Å²) in [5.74, 6) is -1.85. The molecule has 0 bridgehead atoms. The molecule has 0 heterocycles. The van der Waals surface area contributed by atoms with Gasteiger partial charge in [0, 0.05) is 24.8 Å². The van der Waals surface area contributed by atoms with Crippen LogP contribution < -0.4 is 16.4 Å². The Morgan fingerprint density at radius 1 is 1.00 bits per heavy atom. The second kappa shape index (κ2) is 8.77. The number of hydrogen-bond donors (Lipinski definition) is 2. The zero-order chi connectivity index (χ0) is 17.4. The summed E-state index contributed by atoms with van der Waals surface area (Å²) in [4.78, 5) is 37.6. The van der Waals surface area contributed by atoms with Crippen molar-refractivity contribution in [2.45, 2.75) is 19.8 Å². The van der Waals surface area contributed by atoms with E-state index in [1.807, 2.05) is 19.2 Å². The molecule has 0 aliphatic rings. The molecular formula is C16H24N4O3. The van der Waals surface area contributed by atoms with Crippen molar-refractivity contribution in [3.8, 4) is 0 Å². The molecule has 0 unspecified atom stereocenters. The van der Waals surface area contributed by atoms with E-state index in [9.17, 15) is 14.4 Å². The first-order chi connectivity index (χ1) is 10.8. The Morgan fingerprint density at radius 3 is 1.96 bits per heavy atom. The molecule has 23 heavy (non-hydrogen) atoms. The number of primary amides is 2. The first-order valence-electron chi connectivity index (χ1n) is 7.52. The van der Waals surface area contributed by atoms with Crippen LogP contribution in [0.5, 0.6) is 0 Å². The molecule has 1 aromatic carbocycles. The Kier molecular flexibility index (Phi) is 7.05. The molecule has 0 aliphatic heterocycles. The van der Waals surface area contributed by atoms with Crippen LogP contribution in [0.3, 0.4) is 0 Å². The summed E-state index contributed by atoms with van der Waals surface area (Å²) in [5, 5.41) is 0. The normalized spacial score (nSPS) is 10.2. The first kappa shape index (κ1) is 18.5. The van der Waals surface area contributed by atoms with Gasteiger partial charge in [0.2, 0.25) is 11.8 Å². The number of carbonyl (C=O) groups excluding carboxylic acids is 3. The third-order valence-electron chi connectivity index (χ3n) is 3.38. The average molecular weight is 320 g/mol. The maximum absolute atomic E-state index is 12.4. The highest BCUT2D eigenvalue weighted by atomic mass is 16.2. The standard InChI is InChI=1S/C16H24N4O3/c1-3-4-9-19(2)13-7-5-12(6-8-13)16(23)20(10-14(17)21)11-15(18)22/h5-8H,3-4,9-11H2,1-2H3,(H2,17,21)(H2,18,22).